The molecule has 0 aliphatic carbocycles. The van der Waals surface area contributed by atoms with Crippen LogP contribution in [0.1, 0.15) is 57.2 Å². The molecule has 3 rings (SSSR count). The predicted octanol–water partition coefficient (Wildman–Crippen LogP) is 7.62. The molecule has 170 valence electrons. The Kier molecular flexibility index (Phi) is 7.06. The summed E-state index contributed by atoms with van der Waals surface area (Å²) in [5.74, 6) is -0.180. The Morgan fingerprint density at radius 2 is 1.59 bits per heavy atom. The number of rotatable bonds is 7. The van der Waals surface area contributed by atoms with Crippen molar-refractivity contribution < 1.29 is 13.2 Å². The molecule has 2 N–H and O–H groups in total. The lowest BCUT2D eigenvalue weighted by atomic mass is 9.87. The van der Waals surface area contributed by atoms with Crippen LogP contribution in [0.3, 0.4) is 0 Å². The second-order valence-corrected chi connectivity index (χ2v) is 8.79. The zero-order valence-electron chi connectivity index (χ0n) is 18.8. The molecule has 0 radical (unpaired) electrons. The summed E-state index contributed by atoms with van der Waals surface area (Å²) in [7, 11) is 0. The Balaban J connectivity index is 1.91. The zero-order chi connectivity index (χ0) is 23.4. The fourth-order valence-electron chi connectivity index (χ4n) is 3.28. The minimum Gasteiger partial charge on any atom is -0.339 e. The van der Waals surface area contributed by atoms with Crippen molar-refractivity contribution in [3.05, 3.63) is 71.4 Å². The summed E-state index contributed by atoms with van der Waals surface area (Å²) in [6, 6.07) is 15.1. The van der Waals surface area contributed by atoms with Gasteiger partial charge in [-0.05, 0) is 47.6 Å². The van der Waals surface area contributed by atoms with Crippen molar-refractivity contribution >= 4 is 23.1 Å². The number of para-hydroxylation sites is 1. The molecule has 32 heavy (non-hydrogen) atoms. The highest BCUT2D eigenvalue weighted by molar-refractivity contribution is 5.65. The van der Waals surface area contributed by atoms with Crippen LogP contribution in [0, 0.1) is 0 Å². The first kappa shape index (κ1) is 23.6. The molecule has 1 heterocycles. The first-order valence-corrected chi connectivity index (χ1v) is 10.7. The van der Waals surface area contributed by atoms with E-state index in [1.165, 1.54) is 0 Å². The highest BCUT2D eigenvalue weighted by Crippen LogP contribution is 2.36. The van der Waals surface area contributed by atoms with Gasteiger partial charge in [-0.1, -0.05) is 64.4 Å². The van der Waals surface area contributed by atoms with Crippen molar-refractivity contribution in [3.63, 3.8) is 0 Å². The minimum atomic E-state index is -4.58. The summed E-state index contributed by atoms with van der Waals surface area (Å²) in [5, 5.41) is 5.91. The van der Waals surface area contributed by atoms with E-state index in [2.05, 4.69) is 48.3 Å². The molecular formula is C25H29F3N4. The number of aryl methyl sites for hydroxylation is 1. The molecule has 0 aliphatic heterocycles. The lowest BCUT2D eigenvalue weighted by Crippen LogP contribution is -2.13. The molecule has 0 amide bonds. The van der Waals surface area contributed by atoms with Gasteiger partial charge in [-0.3, -0.25) is 0 Å². The monoisotopic (exact) mass is 442 g/mol. The van der Waals surface area contributed by atoms with Gasteiger partial charge in [0.15, 0.2) is 0 Å². The highest BCUT2D eigenvalue weighted by atomic mass is 19.4. The summed E-state index contributed by atoms with van der Waals surface area (Å²) in [4.78, 5) is 8.07. The lowest BCUT2D eigenvalue weighted by Gasteiger charge is -2.19. The number of benzene rings is 2. The predicted molar refractivity (Wildman–Crippen MR) is 124 cm³/mol. The van der Waals surface area contributed by atoms with Crippen molar-refractivity contribution in [2.45, 2.75) is 58.5 Å². The van der Waals surface area contributed by atoms with Gasteiger partial charge in [-0.2, -0.15) is 18.2 Å². The van der Waals surface area contributed by atoms with Gasteiger partial charge in [0.05, 0.1) is 0 Å². The van der Waals surface area contributed by atoms with Gasteiger partial charge in [0.2, 0.25) is 5.95 Å². The van der Waals surface area contributed by atoms with E-state index in [9.17, 15) is 13.2 Å². The number of hydrogen-bond donors (Lipinski definition) is 2. The maximum Gasteiger partial charge on any atom is 0.421 e. The van der Waals surface area contributed by atoms with Crippen LogP contribution >= 0.6 is 0 Å². The van der Waals surface area contributed by atoms with Gasteiger partial charge in [0.1, 0.15) is 11.4 Å². The van der Waals surface area contributed by atoms with E-state index in [0.29, 0.717) is 11.4 Å². The molecule has 0 saturated heterocycles. The normalized spacial score (nSPS) is 12.0. The summed E-state index contributed by atoms with van der Waals surface area (Å²) in [6.45, 7) is 8.42. The third-order valence-electron chi connectivity index (χ3n) is 5.17. The number of alkyl halides is 3. The first-order chi connectivity index (χ1) is 15.1. The standard InChI is InChI=1S/C25H29F3N4/c1-5-6-9-17-10-7-8-11-21(17)31-22-20(25(26,27)28)16-29-23(32-22)30-19-14-12-18(13-15-19)24(2,3)4/h7-8,10-16H,5-6,9H2,1-4H3,(H2,29,30,31,32). The molecule has 7 heteroatoms. The second-order valence-electron chi connectivity index (χ2n) is 8.79. The van der Waals surface area contributed by atoms with E-state index < -0.39 is 11.7 Å². The van der Waals surface area contributed by atoms with Gasteiger partial charge in [-0.25, -0.2) is 4.98 Å². The van der Waals surface area contributed by atoms with Gasteiger partial charge < -0.3 is 10.6 Å². The number of halogens is 3. The van der Waals surface area contributed by atoms with E-state index in [-0.39, 0.29) is 17.2 Å². The van der Waals surface area contributed by atoms with E-state index in [1.54, 1.807) is 12.1 Å². The van der Waals surface area contributed by atoms with E-state index in [4.69, 9.17) is 0 Å². The Bertz CT molecular complexity index is 1040. The molecule has 0 aliphatic rings. The summed E-state index contributed by atoms with van der Waals surface area (Å²) < 4.78 is 40.9. The van der Waals surface area contributed by atoms with Gasteiger partial charge in [0.25, 0.3) is 0 Å². The Morgan fingerprint density at radius 1 is 0.906 bits per heavy atom. The second kappa shape index (κ2) is 9.59. The summed E-state index contributed by atoms with van der Waals surface area (Å²) >= 11 is 0. The zero-order valence-corrected chi connectivity index (χ0v) is 18.8. The van der Waals surface area contributed by atoms with Crippen LogP contribution in [0.5, 0.6) is 0 Å². The number of aromatic nitrogens is 2. The Morgan fingerprint density at radius 3 is 2.22 bits per heavy atom. The van der Waals surface area contributed by atoms with Crippen LogP contribution in [0.15, 0.2) is 54.7 Å². The molecule has 0 bridgehead atoms. The van der Waals surface area contributed by atoms with Gasteiger partial charge >= 0.3 is 6.18 Å². The topological polar surface area (TPSA) is 49.8 Å². The van der Waals surface area contributed by atoms with E-state index in [1.807, 2.05) is 36.4 Å². The number of anilines is 4. The van der Waals surface area contributed by atoms with Gasteiger partial charge in [-0.15, -0.1) is 0 Å². The lowest BCUT2D eigenvalue weighted by molar-refractivity contribution is -0.137. The molecule has 0 fully saturated rings. The molecule has 0 atom stereocenters. The largest absolute Gasteiger partial charge is 0.421 e. The molecule has 4 nitrogen and oxygen atoms in total. The SMILES string of the molecule is CCCCc1ccccc1Nc1nc(Nc2ccc(C(C)(C)C)cc2)ncc1C(F)(F)F. The average Bonchev–Trinajstić information content (AvgIpc) is 2.72. The number of nitrogens with one attached hydrogen (secondary N) is 2. The number of hydrogen-bond acceptors (Lipinski definition) is 4. The molecule has 2 aromatic carbocycles. The Hall–Kier alpha value is -3.09. The van der Waals surface area contributed by atoms with Crippen molar-refractivity contribution in [1.82, 2.24) is 9.97 Å². The van der Waals surface area contributed by atoms with Crippen molar-refractivity contribution in [2.75, 3.05) is 10.6 Å². The average molecular weight is 443 g/mol. The number of unbranched alkanes of at least 4 members (excludes halogenated alkanes) is 1. The van der Waals surface area contributed by atoms with E-state index in [0.717, 1.165) is 36.6 Å². The van der Waals surface area contributed by atoms with Crippen molar-refractivity contribution in [1.29, 1.82) is 0 Å². The summed E-state index contributed by atoms with van der Waals surface area (Å²) in [6.07, 6.45) is -1.04. The molecule has 1 aromatic heterocycles. The molecular weight excluding hydrogens is 413 g/mol. The summed E-state index contributed by atoms with van der Waals surface area (Å²) in [5.41, 5.74) is 2.52. The molecule has 3 aromatic rings. The van der Waals surface area contributed by atoms with Crippen LogP contribution in [0.25, 0.3) is 0 Å². The quantitative estimate of drug-likeness (QED) is 0.395. The third kappa shape index (κ3) is 5.99. The highest BCUT2D eigenvalue weighted by Gasteiger charge is 2.35. The maximum atomic E-state index is 13.6. The Labute approximate surface area is 187 Å². The minimum absolute atomic E-state index is 0.00560. The number of nitrogens with zero attached hydrogens (tertiary/aromatic N) is 2. The fourth-order valence-corrected chi connectivity index (χ4v) is 3.28. The molecule has 0 unspecified atom stereocenters. The smallest absolute Gasteiger partial charge is 0.339 e. The van der Waals surface area contributed by atoms with E-state index >= 15 is 0 Å². The van der Waals surface area contributed by atoms with Crippen LogP contribution in [0.2, 0.25) is 0 Å². The molecule has 0 spiro atoms. The maximum absolute atomic E-state index is 13.6. The van der Waals surface area contributed by atoms with Crippen LogP contribution < -0.4 is 10.6 Å². The third-order valence-corrected chi connectivity index (χ3v) is 5.17. The van der Waals surface area contributed by atoms with Gasteiger partial charge in [0, 0.05) is 17.6 Å². The van der Waals surface area contributed by atoms with Crippen LogP contribution in [0.4, 0.5) is 36.3 Å². The van der Waals surface area contributed by atoms with Crippen LogP contribution in [-0.2, 0) is 18.0 Å². The fraction of sp³-hybridized carbons (Fsp3) is 0.360. The first-order valence-electron chi connectivity index (χ1n) is 10.7. The molecule has 0 saturated carbocycles. The van der Waals surface area contributed by atoms with Crippen molar-refractivity contribution in [2.24, 2.45) is 0 Å². The van der Waals surface area contributed by atoms with Crippen LogP contribution in [-0.4, -0.2) is 9.97 Å². The van der Waals surface area contributed by atoms with Crippen molar-refractivity contribution in [3.8, 4) is 0 Å².